The van der Waals surface area contributed by atoms with E-state index in [0.29, 0.717) is 74.5 Å². The molecule has 3 saturated carbocycles. The van der Waals surface area contributed by atoms with E-state index in [1.165, 1.54) is 5.69 Å². The van der Waals surface area contributed by atoms with Crippen LogP contribution in [0.3, 0.4) is 0 Å². The number of nitrogens with zero attached hydrogens (tertiary/aromatic N) is 17. The molecule has 4 atom stereocenters. The minimum Gasteiger partial charge on any atom is -0.393 e. The first-order valence-electron chi connectivity index (χ1n) is 36.1. The number of anilines is 3. The van der Waals surface area contributed by atoms with Gasteiger partial charge in [-0.25, -0.2) is 28.5 Å². The molecule has 101 heavy (non-hydrogen) atoms. The Morgan fingerprint density at radius 2 is 0.911 bits per heavy atom. The Kier molecular flexibility index (Phi) is 24.2. The number of amides is 1. The van der Waals surface area contributed by atoms with Gasteiger partial charge in [0, 0.05) is 165 Å². The van der Waals surface area contributed by atoms with Crippen LogP contribution in [0.5, 0.6) is 0 Å². The maximum atomic E-state index is 12.8. The first kappa shape index (κ1) is 72.5. The highest BCUT2D eigenvalue weighted by Crippen LogP contribution is 2.41. The zero-order chi connectivity index (χ0) is 70.7. The van der Waals surface area contributed by atoms with Crippen molar-refractivity contribution in [3.05, 3.63) is 91.1 Å². The van der Waals surface area contributed by atoms with Gasteiger partial charge >= 0.3 is 0 Å². The lowest BCUT2D eigenvalue weighted by molar-refractivity contribution is -0.133. The number of aromatic nitrogens is 15. The van der Waals surface area contributed by atoms with Crippen molar-refractivity contribution >= 4 is 46.1 Å². The van der Waals surface area contributed by atoms with Gasteiger partial charge in [-0.1, -0.05) is 6.92 Å². The summed E-state index contributed by atoms with van der Waals surface area (Å²) in [7, 11) is 7.11. The quantitative estimate of drug-likeness (QED) is 0.0335. The van der Waals surface area contributed by atoms with E-state index < -0.39 is 0 Å². The van der Waals surface area contributed by atoms with Crippen LogP contribution < -0.4 is 16.0 Å². The van der Waals surface area contributed by atoms with E-state index in [0.717, 1.165) is 178 Å². The molecule has 0 spiro atoms. The van der Waals surface area contributed by atoms with Gasteiger partial charge in [0.05, 0.1) is 111 Å². The lowest BCUT2D eigenvalue weighted by Crippen LogP contribution is -2.48. The van der Waals surface area contributed by atoms with Crippen molar-refractivity contribution in [2.75, 3.05) is 104 Å². The molecule has 3 aliphatic carbocycles. The summed E-state index contributed by atoms with van der Waals surface area (Å²) in [6.07, 6.45) is 28.3. The predicted octanol–water partition coefficient (Wildman–Crippen LogP) is 7.89. The number of methoxy groups -OCH3 is 3. The topological polar surface area (TPSA) is 318 Å². The predicted molar refractivity (Wildman–Crippen MR) is 383 cm³/mol. The van der Waals surface area contributed by atoms with Gasteiger partial charge in [0.25, 0.3) is 0 Å². The fraction of sp³-hybridized carbons (Fsp3) is 0.597. The molecule has 9 aromatic rings. The maximum Gasteiger partial charge on any atom is 0.244 e. The number of ether oxygens (including phenoxy) is 4. The lowest BCUT2D eigenvalue weighted by Gasteiger charge is -2.32. The average Bonchev–Trinajstić information content (AvgIpc) is 1.63. The molecule has 5 aliphatic rings. The minimum atomic E-state index is -0.222. The van der Waals surface area contributed by atoms with Gasteiger partial charge in [0.2, 0.25) is 23.8 Å². The molecule has 11 heterocycles. The summed E-state index contributed by atoms with van der Waals surface area (Å²) in [6.45, 7) is 14.9. The Morgan fingerprint density at radius 3 is 1.29 bits per heavy atom. The van der Waals surface area contributed by atoms with Crippen molar-refractivity contribution < 1.29 is 43.9 Å². The van der Waals surface area contributed by atoms with Crippen LogP contribution in [0.4, 0.5) is 17.8 Å². The van der Waals surface area contributed by atoms with Crippen LogP contribution in [0.2, 0.25) is 0 Å². The van der Waals surface area contributed by atoms with E-state index in [1.54, 1.807) is 36.9 Å². The number of nitrogens with one attached hydrogen (secondary N) is 3. The number of hydrogen-bond acceptors (Lipinski definition) is 22. The Hall–Kier alpha value is -8.29. The molecular formula is C72H102N20O9. The fourth-order valence-corrected chi connectivity index (χ4v) is 14.6. The van der Waals surface area contributed by atoms with Crippen molar-refractivity contribution in [2.24, 2.45) is 0 Å². The third kappa shape index (κ3) is 17.8. The fourth-order valence-electron chi connectivity index (χ4n) is 14.6. The summed E-state index contributed by atoms with van der Waals surface area (Å²) in [6, 6.07) is 7.13. The van der Waals surface area contributed by atoms with E-state index in [-0.39, 0.29) is 61.2 Å². The Bertz CT molecular complexity index is 4160. The van der Waals surface area contributed by atoms with Gasteiger partial charge in [0.15, 0.2) is 5.78 Å². The van der Waals surface area contributed by atoms with Gasteiger partial charge in [-0.2, -0.15) is 15.3 Å². The number of carbonyl (C=O) groups excluding carboxylic acids is 2. The Labute approximate surface area is 589 Å². The molecule has 29 heteroatoms. The zero-order valence-electron chi connectivity index (χ0n) is 59.8. The standard InChI is InChI=1S/C26H38N8O3.2C23H32N6O3/c1-18(17-37-3)29-26-27-14-24-22(12-23(34(24)30-26)19-4-6-21(35)7-5-19)20-13-28-33(15-20)16-25(36)32-10-8-31(2)9-11-32;1-15(13-31-2)26-23-24-11-22-20(17-10-25-28(12-17)18-7-8-32-14-18)9-21(29(22)27-23)16-3-5-19(30)6-4-16;1-4-18(30)13-28-12-17(10-25-28)20-9-21(16-5-7-19(31)8-6-16)29-22(20)11-24-23(27-29)26-15(2)14-32-3/h12-15,18-19,21,35H,4-11,16-17H2,1-3H3,(H,29,30);9-12,15-16,18-19,30H,3-8,13-14H2,1-2H3,(H,26,27);9-12,15-16,19,31H,4-8,13-14H2,1-3H3,(H,26,27)/t18-,19?,21?;15-,16?,18+,19?;15-,16?,19?/m000/s1. The first-order chi connectivity index (χ1) is 49.0. The molecule has 1 amide bonds. The molecule has 9 aromatic heterocycles. The van der Waals surface area contributed by atoms with Crippen LogP contribution in [0.15, 0.2) is 74.0 Å². The number of aliphatic hydroxyl groups excluding tert-OH is 3. The third-order valence-corrected chi connectivity index (χ3v) is 20.3. The summed E-state index contributed by atoms with van der Waals surface area (Å²) in [5.41, 5.74) is 12.2. The number of carbonyl (C=O) groups is 2. The molecule has 5 fully saturated rings. The van der Waals surface area contributed by atoms with Crippen molar-refractivity contribution in [3.8, 4) is 33.4 Å². The second-order valence-corrected chi connectivity index (χ2v) is 28.3. The number of hydrogen-bond donors (Lipinski definition) is 6. The lowest BCUT2D eigenvalue weighted by atomic mass is 9.85. The van der Waals surface area contributed by atoms with Gasteiger partial charge in [-0.05, 0) is 129 Å². The normalized spacial score (nSPS) is 22.2. The highest BCUT2D eigenvalue weighted by atomic mass is 16.5. The molecule has 0 radical (unpaired) electrons. The van der Waals surface area contributed by atoms with Crippen molar-refractivity contribution in [1.82, 2.24) is 82.9 Å². The van der Waals surface area contributed by atoms with Crippen LogP contribution in [0.25, 0.3) is 49.9 Å². The minimum absolute atomic E-state index is 0.0711. The monoisotopic (exact) mass is 1390 g/mol. The second kappa shape index (κ2) is 33.7. The summed E-state index contributed by atoms with van der Waals surface area (Å²) in [4.78, 5) is 42.5. The van der Waals surface area contributed by atoms with Crippen LogP contribution >= 0.6 is 0 Å². The van der Waals surface area contributed by atoms with Crippen LogP contribution in [0.1, 0.15) is 158 Å². The average molecular weight is 1390 g/mol. The summed E-state index contributed by atoms with van der Waals surface area (Å²) < 4.78 is 32.6. The maximum absolute atomic E-state index is 12.8. The number of aliphatic hydroxyl groups is 3. The van der Waals surface area contributed by atoms with Gasteiger partial charge in [-0.3, -0.25) is 23.6 Å². The van der Waals surface area contributed by atoms with Gasteiger partial charge in [0.1, 0.15) is 6.54 Å². The smallest absolute Gasteiger partial charge is 0.244 e. The summed E-state index contributed by atoms with van der Waals surface area (Å²) in [5, 5.41) is 67.9. The van der Waals surface area contributed by atoms with E-state index in [1.807, 2.05) is 94.2 Å². The van der Waals surface area contributed by atoms with E-state index in [2.05, 4.69) is 82.5 Å². The van der Waals surface area contributed by atoms with Crippen molar-refractivity contribution in [1.29, 1.82) is 0 Å². The number of rotatable bonds is 24. The number of likely N-dealkylation sites (N-methyl/N-ethyl adjacent to an activating group) is 1. The molecule has 0 aromatic carbocycles. The molecule has 2 saturated heterocycles. The number of Topliss-reactive ketones (excluding diaryl/α,β-unsaturated/α-hetero) is 1. The molecule has 6 N–H and O–H groups in total. The number of fused-ring (bicyclic) bond motifs is 3. The Balaban J connectivity index is 0.000000144. The molecular weight excluding hydrogens is 1290 g/mol. The number of piperazine rings is 1. The molecule has 14 rings (SSSR count). The third-order valence-electron chi connectivity index (χ3n) is 20.3. The molecule has 544 valence electrons. The van der Waals surface area contributed by atoms with Crippen molar-refractivity contribution in [2.45, 2.75) is 191 Å². The van der Waals surface area contributed by atoms with Crippen LogP contribution in [0, 0.1) is 0 Å². The summed E-state index contributed by atoms with van der Waals surface area (Å²) >= 11 is 0. The van der Waals surface area contributed by atoms with E-state index >= 15 is 0 Å². The van der Waals surface area contributed by atoms with Gasteiger partial charge < -0.3 is 60.0 Å². The van der Waals surface area contributed by atoms with Crippen LogP contribution in [-0.4, -0.2) is 234 Å². The van der Waals surface area contributed by atoms with E-state index in [9.17, 15) is 24.9 Å². The molecule has 0 bridgehead atoms. The molecule has 0 unspecified atom stereocenters. The van der Waals surface area contributed by atoms with Gasteiger partial charge in [-0.15, -0.1) is 15.3 Å². The first-order valence-corrected chi connectivity index (χ1v) is 36.1. The Morgan fingerprint density at radius 1 is 0.525 bits per heavy atom. The number of ketones is 1. The SMILES string of the molecule is CCC(=O)Cn1cc(-c2cc(C3CCC(O)CC3)n3nc(N[C@@H](C)COC)ncc23)cn1.COC[C@H](C)Nc1ncc2c(-c3cnn(CC(=O)N4CCN(C)CC4)c3)cc(C3CCC(O)CC3)n2n1.COC[C@H](C)Nc1ncc2c(-c3cnn([C@@H]4CCOC4)c3)cc(C3CCC(O)CC3)n2n1. The highest BCUT2D eigenvalue weighted by molar-refractivity contribution is 5.84. The van der Waals surface area contributed by atoms with Crippen LogP contribution in [-0.2, 0) is 41.6 Å². The van der Waals surface area contributed by atoms with E-state index in [4.69, 9.17) is 34.2 Å². The largest absolute Gasteiger partial charge is 0.393 e. The second-order valence-electron chi connectivity index (χ2n) is 28.3. The summed E-state index contributed by atoms with van der Waals surface area (Å²) in [5.74, 6) is 2.89. The van der Waals surface area contributed by atoms with Crippen molar-refractivity contribution in [3.63, 3.8) is 0 Å². The molecule has 2 aliphatic heterocycles. The zero-order valence-corrected chi connectivity index (χ0v) is 59.8. The molecule has 29 nitrogen and oxygen atoms in total. The highest BCUT2D eigenvalue weighted by Gasteiger charge is 2.31.